The van der Waals surface area contributed by atoms with Crippen LogP contribution < -0.4 is 0 Å². The predicted octanol–water partition coefficient (Wildman–Crippen LogP) is 3.05. The molecule has 1 aromatic carbocycles. The average molecular weight is 440 g/mol. The van der Waals surface area contributed by atoms with Crippen LogP contribution in [0.3, 0.4) is 0 Å². The second kappa shape index (κ2) is 8.47. The van der Waals surface area contributed by atoms with E-state index in [1.54, 1.807) is 29.0 Å². The van der Waals surface area contributed by atoms with Gasteiger partial charge in [0, 0.05) is 31.9 Å². The van der Waals surface area contributed by atoms with Crippen molar-refractivity contribution in [3.63, 3.8) is 0 Å². The molecule has 31 heavy (non-hydrogen) atoms. The molecule has 3 heterocycles. The number of piperidine rings is 1. The molecule has 1 aliphatic heterocycles. The zero-order chi connectivity index (χ0) is 21.3. The molecule has 0 bridgehead atoms. The molecule has 8 nitrogen and oxygen atoms in total. The number of fused-ring (bicyclic) bond motifs is 1. The molecule has 0 N–H and O–H groups in total. The molecule has 0 radical (unpaired) electrons. The summed E-state index contributed by atoms with van der Waals surface area (Å²) in [6, 6.07) is 5.65. The third-order valence-electron chi connectivity index (χ3n) is 6.16. The Labute approximate surface area is 181 Å². The van der Waals surface area contributed by atoms with E-state index in [-0.39, 0.29) is 5.92 Å². The first kappa shape index (κ1) is 20.3. The third-order valence-corrected chi connectivity index (χ3v) is 8.02. The highest BCUT2D eigenvalue weighted by atomic mass is 32.2. The molecular weight excluding hydrogens is 414 g/mol. The molecule has 0 spiro atoms. The van der Waals surface area contributed by atoms with E-state index >= 15 is 0 Å². The van der Waals surface area contributed by atoms with Crippen molar-refractivity contribution >= 4 is 10.0 Å². The lowest BCUT2D eigenvalue weighted by Crippen LogP contribution is -2.40. The Morgan fingerprint density at radius 3 is 2.81 bits per heavy atom. The van der Waals surface area contributed by atoms with Gasteiger partial charge in [0.1, 0.15) is 5.69 Å². The highest BCUT2D eigenvalue weighted by Crippen LogP contribution is 2.29. The number of nitrogens with zero attached hydrogens (tertiary/aromatic N) is 5. The van der Waals surface area contributed by atoms with Gasteiger partial charge in [-0.2, -0.15) is 9.29 Å². The summed E-state index contributed by atoms with van der Waals surface area (Å²) in [5.74, 6) is 1.03. The van der Waals surface area contributed by atoms with Crippen molar-refractivity contribution in [3.8, 4) is 11.5 Å². The molecule has 1 atom stereocenters. The van der Waals surface area contributed by atoms with Crippen LogP contribution in [0, 0.1) is 5.92 Å². The van der Waals surface area contributed by atoms with Crippen LogP contribution in [-0.4, -0.2) is 45.9 Å². The number of aryl methyl sites for hydroxylation is 2. The van der Waals surface area contributed by atoms with Crippen LogP contribution in [0.2, 0.25) is 0 Å². The first-order valence-electron chi connectivity index (χ1n) is 10.8. The fourth-order valence-electron chi connectivity index (χ4n) is 4.53. The number of hydrogen-bond acceptors (Lipinski definition) is 7. The second-order valence-electron chi connectivity index (χ2n) is 8.32. The lowest BCUT2D eigenvalue weighted by atomic mass is 9.92. The first-order valence-corrected chi connectivity index (χ1v) is 12.2. The molecule has 1 aliphatic carbocycles. The van der Waals surface area contributed by atoms with Crippen molar-refractivity contribution in [1.29, 1.82) is 0 Å². The molecule has 1 saturated heterocycles. The van der Waals surface area contributed by atoms with Gasteiger partial charge in [-0.15, -0.1) is 0 Å². The van der Waals surface area contributed by atoms with Crippen molar-refractivity contribution < 1.29 is 12.9 Å². The maximum atomic E-state index is 13.3. The molecular formula is C22H25N5O3S. The summed E-state index contributed by atoms with van der Waals surface area (Å²) in [4.78, 5) is 13.0. The van der Waals surface area contributed by atoms with E-state index in [0.29, 0.717) is 41.8 Å². The number of aromatic nitrogens is 4. The Kier molecular flexibility index (Phi) is 5.54. The summed E-state index contributed by atoms with van der Waals surface area (Å²) in [5.41, 5.74) is 3.03. The van der Waals surface area contributed by atoms with Gasteiger partial charge in [0.15, 0.2) is 0 Å². The summed E-state index contributed by atoms with van der Waals surface area (Å²) in [6.07, 6.45) is 11.4. The van der Waals surface area contributed by atoms with Crippen LogP contribution in [0.15, 0.2) is 46.2 Å². The molecule has 1 fully saturated rings. The van der Waals surface area contributed by atoms with Gasteiger partial charge in [-0.1, -0.05) is 11.2 Å². The van der Waals surface area contributed by atoms with Gasteiger partial charge in [0.2, 0.25) is 21.7 Å². The first-order chi connectivity index (χ1) is 15.1. The van der Waals surface area contributed by atoms with E-state index in [9.17, 15) is 8.42 Å². The van der Waals surface area contributed by atoms with Gasteiger partial charge in [-0.05, 0) is 67.7 Å². The largest absolute Gasteiger partial charge is 0.339 e. The van der Waals surface area contributed by atoms with Crippen LogP contribution in [0.1, 0.15) is 42.7 Å². The van der Waals surface area contributed by atoms with E-state index < -0.39 is 10.0 Å². The smallest absolute Gasteiger partial charge is 0.243 e. The van der Waals surface area contributed by atoms with E-state index in [1.807, 2.05) is 12.1 Å². The quantitative estimate of drug-likeness (QED) is 0.602. The van der Waals surface area contributed by atoms with Crippen LogP contribution >= 0.6 is 0 Å². The highest BCUT2D eigenvalue weighted by Gasteiger charge is 2.31. The van der Waals surface area contributed by atoms with E-state index in [0.717, 1.165) is 32.1 Å². The third kappa shape index (κ3) is 4.24. The minimum Gasteiger partial charge on any atom is -0.339 e. The van der Waals surface area contributed by atoms with Crippen molar-refractivity contribution in [3.05, 3.63) is 53.8 Å². The SMILES string of the molecule is O=S(=O)(c1ccc2c(c1)CCCC2)N1CCC[C@H](Cc2nc(-c3cnccn3)no2)C1. The lowest BCUT2D eigenvalue weighted by molar-refractivity contribution is 0.247. The molecule has 9 heteroatoms. The van der Waals surface area contributed by atoms with Crippen LogP contribution in [-0.2, 0) is 29.3 Å². The summed E-state index contributed by atoms with van der Waals surface area (Å²) in [5, 5.41) is 3.99. The number of sulfonamides is 1. The predicted molar refractivity (Wildman–Crippen MR) is 114 cm³/mol. The Balaban J connectivity index is 1.29. The van der Waals surface area contributed by atoms with Crippen molar-refractivity contribution in [1.82, 2.24) is 24.4 Å². The molecule has 162 valence electrons. The van der Waals surface area contributed by atoms with Crippen LogP contribution in [0.5, 0.6) is 0 Å². The van der Waals surface area contributed by atoms with Gasteiger partial charge in [0.25, 0.3) is 0 Å². The van der Waals surface area contributed by atoms with Gasteiger partial charge in [0.05, 0.1) is 11.1 Å². The Morgan fingerprint density at radius 1 is 1.10 bits per heavy atom. The summed E-state index contributed by atoms with van der Waals surface area (Å²) in [7, 11) is -3.51. The van der Waals surface area contributed by atoms with Gasteiger partial charge >= 0.3 is 0 Å². The fourth-order valence-corrected chi connectivity index (χ4v) is 6.14. The molecule has 2 aliphatic rings. The lowest BCUT2D eigenvalue weighted by Gasteiger charge is -2.31. The van der Waals surface area contributed by atoms with Crippen LogP contribution in [0.4, 0.5) is 0 Å². The van der Waals surface area contributed by atoms with E-state index in [4.69, 9.17) is 4.52 Å². The second-order valence-corrected chi connectivity index (χ2v) is 10.3. The van der Waals surface area contributed by atoms with E-state index in [1.165, 1.54) is 17.5 Å². The average Bonchev–Trinajstić information content (AvgIpc) is 3.28. The summed E-state index contributed by atoms with van der Waals surface area (Å²) < 4.78 is 33.6. The Morgan fingerprint density at radius 2 is 1.97 bits per heavy atom. The maximum absolute atomic E-state index is 13.3. The molecule has 2 aromatic heterocycles. The molecule has 5 rings (SSSR count). The topological polar surface area (TPSA) is 102 Å². The van der Waals surface area contributed by atoms with Gasteiger partial charge in [-0.3, -0.25) is 4.98 Å². The zero-order valence-corrected chi connectivity index (χ0v) is 18.1. The van der Waals surface area contributed by atoms with Crippen molar-refractivity contribution in [2.45, 2.75) is 49.8 Å². The Bertz CT molecular complexity index is 1160. The van der Waals surface area contributed by atoms with E-state index in [2.05, 4.69) is 20.1 Å². The standard InChI is InChI=1S/C22H25N5O3S/c28-31(29,19-8-7-17-5-1-2-6-18(17)13-19)27-11-3-4-16(15-27)12-21-25-22(26-30-21)20-14-23-9-10-24-20/h7-10,13-14,16H,1-6,11-12,15H2/t16-/m1/s1. The summed E-state index contributed by atoms with van der Waals surface area (Å²) in [6.45, 7) is 1.01. The maximum Gasteiger partial charge on any atom is 0.243 e. The molecule has 0 amide bonds. The minimum absolute atomic E-state index is 0.135. The van der Waals surface area contributed by atoms with Crippen LogP contribution in [0.25, 0.3) is 11.5 Å². The zero-order valence-electron chi connectivity index (χ0n) is 17.3. The molecule has 0 saturated carbocycles. The molecule has 3 aromatic rings. The fraction of sp³-hybridized carbons (Fsp3) is 0.455. The Hall–Kier alpha value is -2.65. The molecule has 0 unspecified atom stereocenters. The monoisotopic (exact) mass is 439 g/mol. The normalized spacial score (nSPS) is 19.8. The number of rotatable bonds is 5. The minimum atomic E-state index is -3.51. The summed E-state index contributed by atoms with van der Waals surface area (Å²) >= 11 is 0. The number of benzene rings is 1. The van der Waals surface area contributed by atoms with Crippen molar-refractivity contribution in [2.24, 2.45) is 5.92 Å². The van der Waals surface area contributed by atoms with Crippen molar-refractivity contribution in [2.75, 3.05) is 13.1 Å². The van der Waals surface area contributed by atoms with Gasteiger partial charge in [-0.25, -0.2) is 13.4 Å². The van der Waals surface area contributed by atoms with Gasteiger partial charge < -0.3 is 4.52 Å². The number of hydrogen-bond donors (Lipinski definition) is 0. The highest BCUT2D eigenvalue weighted by molar-refractivity contribution is 7.89.